The molecule has 3 amide bonds. The summed E-state index contributed by atoms with van der Waals surface area (Å²) in [5.41, 5.74) is 5.62. The van der Waals surface area contributed by atoms with Gasteiger partial charge in [0.25, 0.3) is 0 Å². The van der Waals surface area contributed by atoms with Crippen molar-refractivity contribution in [2.24, 2.45) is 5.73 Å². The average Bonchev–Trinajstić information content (AvgIpc) is 3.11. The summed E-state index contributed by atoms with van der Waals surface area (Å²) in [6.45, 7) is 4.02. The molecule has 0 saturated carbocycles. The van der Waals surface area contributed by atoms with Gasteiger partial charge in [0, 0.05) is 28.0 Å². The molecule has 0 bridgehead atoms. The molecule has 138 valence electrons. The van der Waals surface area contributed by atoms with Crippen LogP contribution in [0.3, 0.4) is 0 Å². The van der Waals surface area contributed by atoms with Crippen molar-refractivity contribution in [3.05, 3.63) is 69.1 Å². The number of urea groups is 1. The number of primary amides is 1. The number of thiophene rings is 1. The zero-order valence-electron chi connectivity index (χ0n) is 14.0. The molecule has 0 aliphatic heterocycles. The molecule has 0 spiro atoms. The summed E-state index contributed by atoms with van der Waals surface area (Å²) in [5, 5.41) is 4.44. The van der Waals surface area contributed by atoms with E-state index >= 15 is 0 Å². The van der Waals surface area contributed by atoms with Gasteiger partial charge in [0.15, 0.2) is 0 Å². The van der Waals surface area contributed by atoms with Gasteiger partial charge in [-0.2, -0.15) is 0 Å². The van der Waals surface area contributed by atoms with E-state index in [1.807, 2.05) is 17.5 Å². The number of nitrogens with zero attached hydrogens (tertiary/aromatic N) is 1. The van der Waals surface area contributed by atoms with Crippen molar-refractivity contribution in [1.82, 2.24) is 10.2 Å². The zero-order valence-corrected chi connectivity index (χ0v) is 16.4. The maximum absolute atomic E-state index is 14.0. The molecule has 1 aromatic carbocycles. The van der Waals surface area contributed by atoms with E-state index in [1.165, 1.54) is 22.3 Å². The Labute approximate surface area is 163 Å². The molecule has 0 aliphatic carbocycles. The second-order valence-electron chi connectivity index (χ2n) is 5.58. The fourth-order valence-electron chi connectivity index (χ4n) is 2.47. The standard InChI is InChI=1S/C18H19BrFN3O2S/c1-2-7-23(11-12-9-13(19)5-6-14(12)20)17(24)10-15(22-18(21)25)16-4-3-8-26-16/h2-6,8-9,15H,1,7,10-11H2,(H3,21,22,25). The predicted octanol–water partition coefficient (Wildman–Crippen LogP) is 3.96. The van der Waals surface area contributed by atoms with Gasteiger partial charge in [-0.15, -0.1) is 17.9 Å². The summed E-state index contributed by atoms with van der Waals surface area (Å²) < 4.78 is 14.8. The first-order valence-corrected chi connectivity index (χ1v) is 9.50. The molecule has 1 heterocycles. The third-order valence-electron chi connectivity index (χ3n) is 3.65. The molecule has 2 rings (SSSR count). The van der Waals surface area contributed by atoms with E-state index in [4.69, 9.17) is 5.73 Å². The van der Waals surface area contributed by atoms with Crippen molar-refractivity contribution in [3.63, 3.8) is 0 Å². The molecule has 0 fully saturated rings. The summed E-state index contributed by atoms with van der Waals surface area (Å²) >= 11 is 4.73. The molecule has 0 saturated heterocycles. The van der Waals surface area contributed by atoms with Crippen molar-refractivity contribution in [2.45, 2.75) is 19.0 Å². The topological polar surface area (TPSA) is 75.4 Å². The SMILES string of the molecule is C=CCN(Cc1cc(Br)ccc1F)C(=O)CC(NC(N)=O)c1cccs1. The van der Waals surface area contributed by atoms with E-state index in [-0.39, 0.29) is 31.2 Å². The summed E-state index contributed by atoms with van der Waals surface area (Å²) in [4.78, 5) is 26.4. The van der Waals surface area contributed by atoms with Crippen LogP contribution in [0.2, 0.25) is 0 Å². The van der Waals surface area contributed by atoms with Crippen LogP contribution in [0.5, 0.6) is 0 Å². The van der Waals surface area contributed by atoms with Crippen molar-refractivity contribution in [3.8, 4) is 0 Å². The number of halogens is 2. The first kappa shape index (κ1) is 20.1. The van der Waals surface area contributed by atoms with Gasteiger partial charge in [-0.3, -0.25) is 4.79 Å². The summed E-state index contributed by atoms with van der Waals surface area (Å²) in [5.74, 6) is -0.628. The van der Waals surface area contributed by atoms with Gasteiger partial charge in [0.05, 0.1) is 12.5 Å². The van der Waals surface area contributed by atoms with E-state index < -0.39 is 12.1 Å². The highest BCUT2D eigenvalue weighted by Gasteiger charge is 2.22. The minimum atomic E-state index is -0.704. The Bertz CT molecular complexity index is 783. The lowest BCUT2D eigenvalue weighted by Gasteiger charge is -2.24. The van der Waals surface area contributed by atoms with E-state index in [2.05, 4.69) is 27.8 Å². The Hall–Kier alpha value is -2.19. The lowest BCUT2D eigenvalue weighted by molar-refractivity contribution is -0.131. The first-order chi connectivity index (χ1) is 12.4. The molecule has 0 aliphatic rings. The fourth-order valence-corrected chi connectivity index (χ4v) is 3.65. The van der Waals surface area contributed by atoms with Gasteiger partial charge < -0.3 is 16.0 Å². The second kappa shape index (κ2) is 9.49. The number of hydrogen-bond acceptors (Lipinski definition) is 3. The number of rotatable bonds is 8. The van der Waals surface area contributed by atoms with Gasteiger partial charge in [0.2, 0.25) is 5.91 Å². The molecule has 3 N–H and O–H groups in total. The van der Waals surface area contributed by atoms with Crippen LogP contribution in [-0.2, 0) is 11.3 Å². The molecule has 5 nitrogen and oxygen atoms in total. The van der Waals surface area contributed by atoms with E-state index in [0.717, 1.165) is 9.35 Å². The van der Waals surface area contributed by atoms with Gasteiger partial charge in [-0.1, -0.05) is 28.1 Å². The molecule has 1 atom stereocenters. The highest BCUT2D eigenvalue weighted by atomic mass is 79.9. The van der Waals surface area contributed by atoms with Crippen LogP contribution >= 0.6 is 27.3 Å². The summed E-state index contributed by atoms with van der Waals surface area (Å²) in [6.07, 6.45) is 1.60. The number of benzene rings is 1. The molecule has 1 aromatic heterocycles. The second-order valence-corrected chi connectivity index (χ2v) is 7.47. The molecule has 2 aromatic rings. The van der Waals surface area contributed by atoms with E-state index in [9.17, 15) is 14.0 Å². The maximum atomic E-state index is 14.0. The van der Waals surface area contributed by atoms with Crippen LogP contribution < -0.4 is 11.1 Å². The average molecular weight is 440 g/mol. The third-order valence-corrected chi connectivity index (χ3v) is 5.13. The van der Waals surface area contributed by atoms with Gasteiger partial charge in [0.1, 0.15) is 5.82 Å². The number of amides is 3. The monoisotopic (exact) mass is 439 g/mol. The first-order valence-electron chi connectivity index (χ1n) is 7.82. The van der Waals surface area contributed by atoms with Gasteiger partial charge in [-0.05, 0) is 29.6 Å². The van der Waals surface area contributed by atoms with Crippen LogP contribution in [0.1, 0.15) is 22.9 Å². The molecule has 1 unspecified atom stereocenters. The van der Waals surface area contributed by atoms with Crippen molar-refractivity contribution in [2.75, 3.05) is 6.54 Å². The normalized spacial score (nSPS) is 11.6. The molecule has 26 heavy (non-hydrogen) atoms. The Morgan fingerprint density at radius 3 is 2.81 bits per heavy atom. The van der Waals surface area contributed by atoms with Crippen LogP contribution in [0.4, 0.5) is 9.18 Å². The Kier molecular flexibility index (Phi) is 7.35. The number of carbonyl (C=O) groups excluding carboxylic acids is 2. The largest absolute Gasteiger partial charge is 0.352 e. The number of nitrogens with two attached hydrogens (primary N) is 1. The predicted molar refractivity (Wildman–Crippen MR) is 104 cm³/mol. The quantitative estimate of drug-likeness (QED) is 0.610. The zero-order chi connectivity index (χ0) is 19.1. The Morgan fingerprint density at radius 1 is 1.42 bits per heavy atom. The number of hydrogen-bond donors (Lipinski definition) is 2. The lowest BCUT2D eigenvalue weighted by Crippen LogP contribution is -2.38. The Morgan fingerprint density at radius 2 is 2.19 bits per heavy atom. The molecule has 0 radical (unpaired) electrons. The molecular weight excluding hydrogens is 421 g/mol. The van der Waals surface area contributed by atoms with Gasteiger partial charge >= 0.3 is 6.03 Å². The van der Waals surface area contributed by atoms with E-state index in [0.29, 0.717) is 5.56 Å². The molecule has 8 heteroatoms. The maximum Gasteiger partial charge on any atom is 0.312 e. The lowest BCUT2D eigenvalue weighted by atomic mass is 10.1. The Balaban J connectivity index is 2.17. The third kappa shape index (κ3) is 5.67. The fraction of sp³-hybridized carbons (Fsp3) is 0.222. The van der Waals surface area contributed by atoms with Gasteiger partial charge in [-0.25, -0.2) is 9.18 Å². The van der Waals surface area contributed by atoms with Crippen LogP contribution in [0.15, 0.2) is 52.8 Å². The van der Waals surface area contributed by atoms with E-state index in [1.54, 1.807) is 18.2 Å². The van der Waals surface area contributed by atoms with Crippen molar-refractivity contribution < 1.29 is 14.0 Å². The number of nitrogens with one attached hydrogen (secondary N) is 1. The minimum absolute atomic E-state index is 0.0207. The summed E-state index contributed by atoms with van der Waals surface area (Å²) in [6, 6.07) is 7.01. The minimum Gasteiger partial charge on any atom is -0.352 e. The van der Waals surface area contributed by atoms with Crippen LogP contribution in [0, 0.1) is 5.82 Å². The van der Waals surface area contributed by atoms with Crippen LogP contribution in [0.25, 0.3) is 0 Å². The number of carbonyl (C=O) groups is 2. The summed E-state index contributed by atoms with van der Waals surface area (Å²) in [7, 11) is 0. The van der Waals surface area contributed by atoms with Crippen molar-refractivity contribution in [1.29, 1.82) is 0 Å². The molecular formula is C18H19BrFN3O2S. The smallest absolute Gasteiger partial charge is 0.312 e. The van der Waals surface area contributed by atoms with Crippen LogP contribution in [-0.4, -0.2) is 23.4 Å². The highest BCUT2D eigenvalue weighted by Crippen LogP contribution is 2.24. The van der Waals surface area contributed by atoms with Crippen molar-refractivity contribution >= 4 is 39.2 Å². The highest BCUT2D eigenvalue weighted by molar-refractivity contribution is 9.10.